The maximum atomic E-state index is 11.9. The molecule has 1 aromatic carbocycles. The van der Waals surface area contributed by atoms with Gasteiger partial charge in [0.2, 0.25) is 0 Å². The Kier molecular flexibility index (Phi) is 3.11. The van der Waals surface area contributed by atoms with E-state index in [-0.39, 0.29) is 5.56 Å². The SMILES string of the molecule is CC(C)c1ncccc1-c1ccc2cc[nH]c(=O)c2c1. The second-order valence-corrected chi connectivity index (χ2v) is 5.20. The van der Waals surface area contributed by atoms with E-state index in [1.54, 1.807) is 6.20 Å². The molecule has 0 atom stereocenters. The highest BCUT2D eigenvalue weighted by Crippen LogP contribution is 2.28. The van der Waals surface area contributed by atoms with Crippen LogP contribution in [0, 0.1) is 0 Å². The van der Waals surface area contributed by atoms with E-state index >= 15 is 0 Å². The van der Waals surface area contributed by atoms with Gasteiger partial charge in [-0.25, -0.2) is 0 Å². The fourth-order valence-electron chi connectivity index (χ4n) is 2.47. The summed E-state index contributed by atoms with van der Waals surface area (Å²) in [7, 11) is 0. The third kappa shape index (κ3) is 2.11. The number of rotatable bonds is 2. The van der Waals surface area contributed by atoms with Crippen molar-refractivity contribution in [1.82, 2.24) is 9.97 Å². The number of nitrogens with one attached hydrogen (secondary N) is 1. The molecule has 0 aliphatic rings. The average molecular weight is 264 g/mol. The van der Waals surface area contributed by atoms with E-state index in [1.165, 1.54) is 0 Å². The van der Waals surface area contributed by atoms with Crippen molar-refractivity contribution in [2.45, 2.75) is 19.8 Å². The first-order valence-electron chi connectivity index (χ1n) is 6.73. The Morgan fingerprint density at radius 3 is 2.80 bits per heavy atom. The van der Waals surface area contributed by atoms with Crippen LogP contribution < -0.4 is 5.56 Å². The minimum atomic E-state index is -0.0562. The van der Waals surface area contributed by atoms with Gasteiger partial charge < -0.3 is 4.98 Å². The van der Waals surface area contributed by atoms with Crippen molar-refractivity contribution < 1.29 is 0 Å². The lowest BCUT2D eigenvalue weighted by Crippen LogP contribution is -2.04. The molecule has 0 aliphatic carbocycles. The van der Waals surface area contributed by atoms with Gasteiger partial charge in [0.15, 0.2) is 0 Å². The van der Waals surface area contributed by atoms with Crippen LogP contribution in [-0.2, 0) is 0 Å². The Labute approximate surface area is 117 Å². The van der Waals surface area contributed by atoms with Crippen LogP contribution in [0.5, 0.6) is 0 Å². The molecule has 0 radical (unpaired) electrons. The molecule has 0 unspecified atom stereocenters. The molecule has 1 N–H and O–H groups in total. The highest BCUT2D eigenvalue weighted by molar-refractivity contribution is 5.86. The van der Waals surface area contributed by atoms with Gasteiger partial charge in [-0.15, -0.1) is 0 Å². The quantitative estimate of drug-likeness (QED) is 0.766. The number of benzene rings is 1. The summed E-state index contributed by atoms with van der Waals surface area (Å²) in [6.07, 6.45) is 3.49. The molecule has 0 spiro atoms. The average Bonchev–Trinajstić information content (AvgIpc) is 2.47. The summed E-state index contributed by atoms with van der Waals surface area (Å²) >= 11 is 0. The summed E-state index contributed by atoms with van der Waals surface area (Å²) in [5.74, 6) is 0.343. The number of aromatic nitrogens is 2. The van der Waals surface area contributed by atoms with Crippen molar-refractivity contribution >= 4 is 10.8 Å². The molecule has 0 bridgehead atoms. The van der Waals surface area contributed by atoms with Gasteiger partial charge >= 0.3 is 0 Å². The predicted octanol–water partition coefficient (Wildman–Crippen LogP) is 3.71. The van der Waals surface area contributed by atoms with Crippen molar-refractivity contribution in [3.8, 4) is 11.1 Å². The van der Waals surface area contributed by atoms with E-state index < -0.39 is 0 Å². The number of hydrogen-bond donors (Lipinski definition) is 1. The molecular formula is C17H16N2O. The minimum absolute atomic E-state index is 0.0562. The maximum absolute atomic E-state index is 11.9. The Morgan fingerprint density at radius 1 is 1.15 bits per heavy atom. The molecule has 0 aliphatic heterocycles. The van der Waals surface area contributed by atoms with Crippen molar-refractivity contribution in [3.63, 3.8) is 0 Å². The Hall–Kier alpha value is -2.42. The number of nitrogens with zero attached hydrogens (tertiary/aromatic N) is 1. The number of H-pyrrole nitrogens is 1. The van der Waals surface area contributed by atoms with Crippen molar-refractivity contribution in [2.24, 2.45) is 0 Å². The normalized spacial score (nSPS) is 11.2. The zero-order valence-corrected chi connectivity index (χ0v) is 11.6. The standard InChI is InChI=1S/C17H16N2O/c1-11(2)16-14(4-3-8-18-16)13-6-5-12-7-9-19-17(20)15(12)10-13/h3-11H,1-2H3,(H,19,20). The first-order chi connectivity index (χ1) is 9.66. The van der Waals surface area contributed by atoms with E-state index in [0.29, 0.717) is 11.3 Å². The summed E-state index contributed by atoms with van der Waals surface area (Å²) in [6, 6.07) is 11.9. The molecule has 0 amide bonds. The van der Waals surface area contributed by atoms with Crippen molar-refractivity contribution in [3.05, 3.63) is 64.8 Å². The second kappa shape index (κ2) is 4.93. The van der Waals surface area contributed by atoms with Gasteiger partial charge in [0, 0.05) is 23.3 Å². The summed E-state index contributed by atoms with van der Waals surface area (Å²) in [6.45, 7) is 4.25. The van der Waals surface area contributed by atoms with Crippen LogP contribution >= 0.6 is 0 Å². The van der Waals surface area contributed by atoms with Gasteiger partial charge in [-0.05, 0) is 35.1 Å². The minimum Gasteiger partial charge on any atom is -0.329 e. The molecule has 3 rings (SSSR count). The summed E-state index contributed by atoms with van der Waals surface area (Å²) in [5.41, 5.74) is 3.12. The van der Waals surface area contributed by atoms with Gasteiger partial charge in [0.25, 0.3) is 5.56 Å². The molecule has 3 heteroatoms. The molecule has 0 saturated heterocycles. The molecular weight excluding hydrogens is 248 g/mol. The van der Waals surface area contributed by atoms with Gasteiger partial charge in [0.05, 0.1) is 5.69 Å². The van der Waals surface area contributed by atoms with Gasteiger partial charge in [0.1, 0.15) is 0 Å². The van der Waals surface area contributed by atoms with E-state index in [2.05, 4.69) is 29.9 Å². The molecule has 3 nitrogen and oxygen atoms in total. The van der Waals surface area contributed by atoms with Gasteiger partial charge in [-0.3, -0.25) is 9.78 Å². The molecule has 100 valence electrons. The van der Waals surface area contributed by atoms with E-state index in [1.807, 2.05) is 36.5 Å². The van der Waals surface area contributed by atoms with Crippen molar-refractivity contribution in [2.75, 3.05) is 0 Å². The van der Waals surface area contributed by atoms with Gasteiger partial charge in [-0.2, -0.15) is 0 Å². The third-order valence-electron chi connectivity index (χ3n) is 3.47. The molecule has 2 heterocycles. The fraction of sp³-hybridized carbons (Fsp3) is 0.176. The lowest BCUT2D eigenvalue weighted by molar-refractivity contribution is 0.826. The van der Waals surface area contributed by atoms with Crippen LogP contribution in [0.15, 0.2) is 53.6 Å². The fourth-order valence-corrected chi connectivity index (χ4v) is 2.47. The number of pyridine rings is 2. The molecule has 0 saturated carbocycles. The lowest BCUT2D eigenvalue weighted by atomic mass is 9.96. The second-order valence-electron chi connectivity index (χ2n) is 5.20. The first-order valence-corrected chi connectivity index (χ1v) is 6.73. The highest BCUT2D eigenvalue weighted by atomic mass is 16.1. The predicted molar refractivity (Wildman–Crippen MR) is 81.9 cm³/mol. The topological polar surface area (TPSA) is 45.8 Å². The van der Waals surface area contributed by atoms with E-state index in [4.69, 9.17) is 0 Å². The largest absolute Gasteiger partial charge is 0.329 e. The molecule has 0 fully saturated rings. The Bertz CT molecular complexity index is 818. The Balaban J connectivity index is 2.26. The Morgan fingerprint density at radius 2 is 2.00 bits per heavy atom. The monoisotopic (exact) mass is 264 g/mol. The van der Waals surface area contributed by atoms with E-state index in [9.17, 15) is 4.79 Å². The van der Waals surface area contributed by atoms with Crippen molar-refractivity contribution in [1.29, 1.82) is 0 Å². The maximum Gasteiger partial charge on any atom is 0.255 e. The summed E-state index contributed by atoms with van der Waals surface area (Å²) in [5, 5.41) is 1.66. The first kappa shape index (κ1) is 12.6. The van der Waals surface area contributed by atoms with Crippen LogP contribution in [0.3, 0.4) is 0 Å². The summed E-state index contributed by atoms with van der Waals surface area (Å²) in [4.78, 5) is 19.1. The van der Waals surface area contributed by atoms with Crippen LogP contribution in [0.4, 0.5) is 0 Å². The molecule has 20 heavy (non-hydrogen) atoms. The smallest absolute Gasteiger partial charge is 0.255 e. The molecule has 2 aromatic heterocycles. The zero-order valence-electron chi connectivity index (χ0n) is 11.6. The van der Waals surface area contributed by atoms with Gasteiger partial charge in [-0.1, -0.05) is 32.0 Å². The van der Waals surface area contributed by atoms with E-state index in [0.717, 1.165) is 22.2 Å². The highest BCUT2D eigenvalue weighted by Gasteiger charge is 2.10. The van der Waals surface area contributed by atoms with Crippen LogP contribution in [0.25, 0.3) is 21.9 Å². The van der Waals surface area contributed by atoms with Crippen LogP contribution in [0.1, 0.15) is 25.5 Å². The van der Waals surface area contributed by atoms with Crippen LogP contribution in [-0.4, -0.2) is 9.97 Å². The molecule has 3 aromatic rings. The zero-order chi connectivity index (χ0) is 14.1. The van der Waals surface area contributed by atoms with Crippen LogP contribution in [0.2, 0.25) is 0 Å². The number of aromatic amines is 1. The summed E-state index contributed by atoms with van der Waals surface area (Å²) < 4.78 is 0. The third-order valence-corrected chi connectivity index (χ3v) is 3.47. The number of fused-ring (bicyclic) bond motifs is 1. The number of hydrogen-bond acceptors (Lipinski definition) is 2. The lowest BCUT2D eigenvalue weighted by Gasteiger charge is -2.11.